The topological polar surface area (TPSA) is 52.9 Å². The van der Waals surface area contributed by atoms with Gasteiger partial charge in [0.05, 0.1) is 6.07 Å². The van der Waals surface area contributed by atoms with E-state index in [1.165, 1.54) is 38.5 Å². The van der Waals surface area contributed by atoms with Crippen LogP contribution in [0.3, 0.4) is 0 Å². The van der Waals surface area contributed by atoms with Gasteiger partial charge in [-0.15, -0.1) is 0 Å². The maximum absolute atomic E-state index is 12.4. The van der Waals surface area contributed by atoms with E-state index in [0.29, 0.717) is 30.2 Å². The third kappa shape index (κ3) is 2.25. The van der Waals surface area contributed by atoms with Gasteiger partial charge in [-0.05, 0) is 68.1 Å². The van der Waals surface area contributed by atoms with Crippen molar-refractivity contribution in [1.82, 2.24) is 5.32 Å². The minimum Gasteiger partial charge on any atom is -0.349 e. The molecule has 1 amide bonds. The van der Waals surface area contributed by atoms with Crippen LogP contribution in [0.1, 0.15) is 71.6 Å². The van der Waals surface area contributed by atoms with Crippen molar-refractivity contribution in [3.05, 3.63) is 11.6 Å². The van der Waals surface area contributed by atoms with E-state index in [0.717, 1.165) is 23.8 Å². The van der Waals surface area contributed by atoms with Crippen molar-refractivity contribution in [2.45, 2.75) is 77.7 Å². The number of rotatable bonds is 2. The van der Waals surface area contributed by atoms with Crippen LogP contribution in [0.15, 0.2) is 11.6 Å². The van der Waals surface area contributed by atoms with Gasteiger partial charge < -0.3 is 5.32 Å². The van der Waals surface area contributed by atoms with E-state index in [9.17, 15) is 4.79 Å². The molecule has 0 unspecified atom stereocenters. The van der Waals surface area contributed by atoms with Crippen LogP contribution in [0, 0.1) is 39.9 Å². The van der Waals surface area contributed by atoms with E-state index in [4.69, 9.17) is 5.26 Å². The van der Waals surface area contributed by atoms with Crippen LogP contribution in [0.5, 0.6) is 0 Å². The van der Waals surface area contributed by atoms with Gasteiger partial charge in [-0.1, -0.05) is 26.3 Å². The summed E-state index contributed by atoms with van der Waals surface area (Å²) in [5, 5.41) is 12.2. The number of hydrogen-bond donors (Lipinski definition) is 1. The third-order valence-corrected chi connectivity index (χ3v) is 8.15. The molecule has 0 saturated heterocycles. The van der Waals surface area contributed by atoms with Crippen molar-refractivity contribution in [2.75, 3.05) is 0 Å². The Labute approximate surface area is 145 Å². The minimum absolute atomic E-state index is 0.0766. The summed E-state index contributed by atoms with van der Waals surface area (Å²) in [4.78, 5) is 12.4. The van der Waals surface area contributed by atoms with E-state index >= 15 is 0 Å². The molecule has 0 aromatic carbocycles. The van der Waals surface area contributed by atoms with Crippen LogP contribution < -0.4 is 5.32 Å². The fraction of sp³-hybridized carbons (Fsp3) is 0.810. The van der Waals surface area contributed by atoms with Gasteiger partial charge in [0.1, 0.15) is 0 Å². The van der Waals surface area contributed by atoms with Crippen LogP contribution in [-0.4, -0.2) is 11.9 Å². The number of fused-ring (bicyclic) bond motifs is 5. The van der Waals surface area contributed by atoms with Crippen LogP contribution in [0.4, 0.5) is 0 Å². The van der Waals surface area contributed by atoms with Crippen molar-refractivity contribution in [3.8, 4) is 6.07 Å². The monoisotopic (exact) mass is 326 g/mol. The fourth-order valence-electron chi connectivity index (χ4n) is 6.89. The number of nitrogens with one attached hydrogen (secondary N) is 1. The summed E-state index contributed by atoms with van der Waals surface area (Å²) in [5.74, 6) is 2.50. The van der Waals surface area contributed by atoms with Crippen molar-refractivity contribution in [3.63, 3.8) is 0 Å². The van der Waals surface area contributed by atoms with Crippen molar-refractivity contribution < 1.29 is 4.79 Å². The highest BCUT2D eigenvalue weighted by Crippen LogP contribution is 2.63. The number of carbonyl (C=O) groups is 1. The average Bonchev–Trinajstić information content (AvgIpc) is 2.95. The van der Waals surface area contributed by atoms with Gasteiger partial charge in [0.25, 0.3) is 0 Å². The molecule has 3 heteroatoms. The summed E-state index contributed by atoms with van der Waals surface area (Å²) in [5.41, 5.74) is 1.52. The minimum atomic E-state index is 0.0766. The Morgan fingerprint density at radius 2 is 2.04 bits per heavy atom. The predicted octanol–water partition coefficient (Wildman–Crippen LogP) is 4.35. The number of nitrogens with zero attached hydrogens (tertiary/aromatic N) is 1. The molecule has 1 heterocycles. The van der Waals surface area contributed by atoms with Crippen molar-refractivity contribution >= 4 is 5.91 Å². The summed E-state index contributed by atoms with van der Waals surface area (Å²) in [7, 11) is 0. The van der Waals surface area contributed by atoms with Crippen LogP contribution >= 0.6 is 0 Å². The van der Waals surface area contributed by atoms with Crippen LogP contribution in [0.2, 0.25) is 0 Å². The summed E-state index contributed by atoms with van der Waals surface area (Å²) >= 11 is 0. The Balaban J connectivity index is 1.66. The van der Waals surface area contributed by atoms with Crippen LogP contribution in [0.25, 0.3) is 0 Å². The molecule has 3 nitrogen and oxygen atoms in total. The van der Waals surface area contributed by atoms with Gasteiger partial charge in [0, 0.05) is 23.5 Å². The lowest BCUT2D eigenvalue weighted by atomic mass is 9.48. The zero-order valence-corrected chi connectivity index (χ0v) is 15.1. The summed E-state index contributed by atoms with van der Waals surface area (Å²) in [6, 6.07) is 2.49. The molecule has 1 aliphatic heterocycles. The maximum Gasteiger partial charge on any atom is 0.247 e. The lowest BCUT2D eigenvalue weighted by molar-refractivity contribution is -0.123. The van der Waals surface area contributed by atoms with Gasteiger partial charge in [0.2, 0.25) is 5.91 Å². The number of amides is 1. The molecule has 6 atom stereocenters. The molecule has 4 rings (SSSR count). The second-order valence-electron chi connectivity index (χ2n) is 9.26. The molecule has 4 aliphatic rings. The molecule has 0 bridgehead atoms. The maximum atomic E-state index is 12.4. The van der Waals surface area contributed by atoms with Crippen molar-refractivity contribution in [1.29, 1.82) is 5.26 Å². The highest BCUT2D eigenvalue weighted by molar-refractivity contribution is 5.94. The van der Waals surface area contributed by atoms with Gasteiger partial charge in [-0.25, -0.2) is 0 Å². The average molecular weight is 326 g/mol. The third-order valence-electron chi connectivity index (χ3n) is 8.15. The first-order chi connectivity index (χ1) is 11.5. The highest BCUT2D eigenvalue weighted by atomic mass is 16.1. The SMILES string of the molecule is C[C@@]12CCC[C@H]1[C@@H]1CC[C@H]3NC(=O)C(CCC#N)=C[C@]3(C)[C@H]1CC2. The molecule has 3 saturated carbocycles. The molecular formula is C21H30N2O. The molecule has 0 aromatic heterocycles. The Morgan fingerprint density at radius 3 is 2.83 bits per heavy atom. The molecule has 130 valence electrons. The first kappa shape index (κ1) is 16.2. The molecule has 0 aromatic rings. The van der Waals surface area contributed by atoms with Gasteiger partial charge in [-0.3, -0.25) is 4.79 Å². The number of nitriles is 1. The molecular weight excluding hydrogens is 296 g/mol. The first-order valence-electron chi connectivity index (χ1n) is 9.87. The second kappa shape index (κ2) is 5.61. The standard InChI is InChI=1S/C21H30N2O/c1-20-10-3-6-16(20)15-7-8-18-21(2,17(15)9-11-20)13-14(5-4-12-22)19(24)23-18/h13,15-18H,3-11H2,1-2H3,(H,23,24)/t15-,16-,17-,18+,20-,21+/m0/s1. The van der Waals surface area contributed by atoms with Gasteiger partial charge in [-0.2, -0.15) is 5.26 Å². The Hall–Kier alpha value is -1.30. The van der Waals surface area contributed by atoms with E-state index in [1.807, 2.05) is 0 Å². The zero-order valence-electron chi connectivity index (χ0n) is 15.1. The normalized spacial score (nSPS) is 46.9. The summed E-state index contributed by atoms with van der Waals surface area (Å²) in [6.45, 7) is 4.92. The van der Waals surface area contributed by atoms with Crippen LogP contribution in [-0.2, 0) is 4.79 Å². The fourth-order valence-corrected chi connectivity index (χ4v) is 6.89. The molecule has 24 heavy (non-hydrogen) atoms. The zero-order chi connectivity index (χ0) is 16.9. The smallest absolute Gasteiger partial charge is 0.247 e. The van der Waals surface area contributed by atoms with Crippen molar-refractivity contribution in [2.24, 2.45) is 28.6 Å². The first-order valence-corrected chi connectivity index (χ1v) is 9.87. The van der Waals surface area contributed by atoms with Gasteiger partial charge in [0.15, 0.2) is 0 Å². The lowest BCUT2D eigenvalue weighted by Gasteiger charge is -2.58. The Morgan fingerprint density at radius 1 is 1.21 bits per heavy atom. The van der Waals surface area contributed by atoms with E-state index in [1.54, 1.807) is 0 Å². The van der Waals surface area contributed by atoms with Gasteiger partial charge >= 0.3 is 0 Å². The lowest BCUT2D eigenvalue weighted by Crippen LogP contribution is -2.59. The largest absolute Gasteiger partial charge is 0.349 e. The molecule has 1 N–H and O–H groups in total. The molecule has 0 spiro atoms. The Bertz CT molecular complexity index is 618. The highest BCUT2D eigenvalue weighted by Gasteiger charge is 2.57. The quantitative estimate of drug-likeness (QED) is 0.820. The molecule has 3 aliphatic carbocycles. The number of carbonyl (C=O) groups excluding carboxylic acids is 1. The molecule has 0 radical (unpaired) electrons. The Kier molecular flexibility index (Phi) is 3.79. The van der Waals surface area contributed by atoms with E-state index < -0.39 is 0 Å². The summed E-state index contributed by atoms with van der Waals surface area (Å²) < 4.78 is 0. The number of hydrogen-bond acceptors (Lipinski definition) is 2. The van der Waals surface area contributed by atoms with E-state index in [-0.39, 0.29) is 11.3 Å². The van der Waals surface area contributed by atoms with E-state index in [2.05, 4.69) is 31.3 Å². The predicted molar refractivity (Wildman–Crippen MR) is 93.9 cm³/mol. The molecule has 3 fully saturated rings. The second-order valence-corrected chi connectivity index (χ2v) is 9.26. The summed E-state index contributed by atoms with van der Waals surface area (Å²) in [6.07, 6.45) is 12.6.